The molecule has 0 unspecified atom stereocenters. The fourth-order valence-corrected chi connectivity index (χ4v) is 2.27. The van der Waals surface area contributed by atoms with Crippen LogP contribution in [-0.4, -0.2) is 25.7 Å². The second kappa shape index (κ2) is 9.45. The van der Waals surface area contributed by atoms with E-state index in [0.29, 0.717) is 25.7 Å². The molecule has 0 aliphatic rings. The van der Waals surface area contributed by atoms with Crippen molar-refractivity contribution in [3.8, 4) is 11.5 Å². The molecule has 0 bridgehead atoms. The van der Waals surface area contributed by atoms with Crippen LogP contribution in [0, 0.1) is 0 Å². The van der Waals surface area contributed by atoms with Crippen molar-refractivity contribution in [1.82, 2.24) is 0 Å². The Balaban J connectivity index is 1.93. The average Bonchev–Trinajstić information content (AvgIpc) is 2.58. The standard InChI is InChI=1S/C19H25N3O2/c1-3-23-17-11-10-15(14-18(17)24-4-2)12-13-21-19(20)22-16-8-6-5-7-9-16/h5-11,14H,3-4,12-13H2,1-2H3,(H3,20,21,22). The molecule has 0 heterocycles. The van der Waals surface area contributed by atoms with E-state index in [4.69, 9.17) is 15.2 Å². The van der Waals surface area contributed by atoms with Crippen LogP contribution in [0.15, 0.2) is 53.5 Å². The Hall–Kier alpha value is -2.69. The van der Waals surface area contributed by atoms with Gasteiger partial charge in [0.25, 0.3) is 0 Å². The van der Waals surface area contributed by atoms with Crippen LogP contribution in [0.2, 0.25) is 0 Å². The van der Waals surface area contributed by atoms with Gasteiger partial charge >= 0.3 is 0 Å². The van der Waals surface area contributed by atoms with E-state index in [0.717, 1.165) is 29.2 Å². The van der Waals surface area contributed by atoms with Crippen molar-refractivity contribution in [2.24, 2.45) is 10.7 Å². The normalized spacial score (nSPS) is 11.2. The van der Waals surface area contributed by atoms with Gasteiger partial charge in [0, 0.05) is 12.2 Å². The molecule has 0 saturated carbocycles. The van der Waals surface area contributed by atoms with E-state index in [1.54, 1.807) is 0 Å². The van der Waals surface area contributed by atoms with Gasteiger partial charge in [0.05, 0.1) is 13.2 Å². The van der Waals surface area contributed by atoms with E-state index in [1.807, 2.05) is 62.4 Å². The van der Waals surface area contributed by atoms with Gasteiger partial charge in [-0.1, -0.05) is 24.3 Å². The SMILES string of the molecule is CCOc1ccc(CCN=C(N)Nc2ccccc2)cc1OCC. The zero-order valence-electron chi connectivity index (χ0n) is 14.3. The quantitative estimate of drug-likeness (QED) is 0.575. The van der Waals surface area contributed by atoms with Crippen LogP contribution in [-0.2, 0) is 6.42 Å². The van der Waals surface area contributed by atoms with Crippen molar-refractivity contribution >= 4 is 11.6 Å². The number of guanidine groups is 1. The first-order chi connectivity index (χ1) is 11.7. The lowest BCUT2D eigenvalue weighted by Gasteiger charge is -2.12. The van der Waals surface area contributed by atoms with Crippen molar-refractivity contribution in [2.45, 2.75) is 20.3 Å². The molecule has 0 saturated heterocycles. The van der Waals surface area contributed by atoms with E-state index < -0.39 is 0 Å². The van der Waals surface area contributed by atoms with E-state index in [9.17, 15) is 0 Å². The summed E-state index contributed by atoms with van der Waals surface area (Å²) in [6, 6.07) is 15.7. The maximum absolute atomic E-state index is 5.91. The number of nitrogens with one attached hydrogen (secondary N) is 1. The van der Waals surface area contributed by atoms with Crippen molar-refractivity contribution in [3.63, 3.8) is 0 Å². The van der Waals surface area contributed by atoms with Crippen LogP contribution in [0.1, 0.15) is 19.4 Å². The molecule has 0 amide bonds. The highest BCUT2D eigenvalue weighted by molar-refractivity contribution is 5.92. The number of benzene rings is 2. The van der Waals surface area contributed by atoms with Gasteiger partial charge in [-0.2, -0.15) is 0 Å². The van der Waals surface area contributed by atoms with Gasteiger partial charge in [-0.05, 0) is 50.1 Å². The molecule has 2 aromatic rings. The lowest BCUT2D eigenvalue weighted by atomic mass is 10.1. The van der Waals surface area contributed by atoms with Crippen LogP contribution in [0.3, 0.4) is 0 Å². The number of aliphatic imine (C=N–C) groups is 1. The van der Waals surface area contributed by atoms with Crippen molar-refractivity contribution < 1.29 is 9.47 Å². The maximum atomic E-state index is 5.91. The van der Waals surface area contributed by atoms with Crippen molar-refractivity contribution in [2.75, 3.05) is 25.1 Å². The number of nitrogens with two attached hydrogens (primary N) is 1. The fourth-order valence-electron chi connectivity index (χ4n) is 2.27. The molecule has 0 aromatic heterocycles. The minimum absolute atomic E-state index is 0.414. The largest absolute Gasteiger partial charge is 0.490 e. The molecule has 2 rings (SSSR count). The lowest BCUT2D eigenvalue weighted by Crippen LogP contribution is -2.23. The third-order valence-electron chi connectivity index (χ3n) is 3.34. The molecule has 2 aromatic carbocycles. The second-order valence-corrected chi connectivity index (χ2v) is 5.16. The average molecular weight is 327 g/mol. The molecule has 0 atom stereocenters. The highest BCUT2D eigenvalue weighted by atomic mass is 16.5. The van der Waals surface area contributed by atoms with Crippen molar-refractivity contribution in [3.05, 3.63) is 54.1 Å². The summed E-state index contributed by atoms with van der Waals surface area (Å²) in [5, 5.41) is 3.07. The zero-order valence-corrected chi connectivity index (χ0v) is 14.3. The predicted molar refractivity (Wildman–Crippen MR) is 99.0 cm³/mol. The summed E-state index contributed by atoms with van der Waals surface area (Å²) in [6.07, 6.45) is 0.781. The van der Waals surface area contributed by atoms with Gasteiger partial charge in [-0.3, -0.25) is 4.99 Å². The van der Waals surface area contributed by atoms with Crippen molar-refractivity contribution in [1.29, 1.82) is 0 Å². The number of anilines is 1. The number of ether oxygens (including phenoxy) is 2. The van der Waals surface area contributed by atoms with Gasteiger partial charge in [-0.15, -0.1) is 0 Å². The molecular formula is C19H25N3O2. The zero-order chi connectivity index (χ0) is 17.2. The second-order valence-electron chi connectivity index (χ2n) is 5.16. The Morgan fingerprint density at radius 1 is 1.00 bits per heavy atom. The highest BCUT2D eigenvalue weighted by Crippen LogP contribution is 2.28. The third kappa shape index (κ3) is 5.50. The fraction of sp³-hybridized carbons (Fsp3) is 0.316. The molecule has 128 valence electrons. The molecule has 0 aliphatic carbocycles. The van der Waals surface area contributed by atoms with E-state index in [-0.39, 0.29) is 0 Å². The molecule has 0 aliphatic heterocycles. The molecule has 5 nitrogen and oxygen atoms in total. The maximum Gasteiger partial charge on any atom is 0.193 e. The van der Waals surface area contributed by atoms with Gasteiger partial charge in [0.15, 0.2) is 17.5 Å². The first kappa shape index (κ1) is 17.7. The molecule has 3 N–H and O–H groups in total. The Bertz CT molecular complexity index is 657. The van der Waals surface area contributed by atoms with Gasteiger partial charge in [0.2, 0.25) is 0 Å². The monoisotopic (exact) mass is 327 g/mol. The molecule has 5 heteroatoms. The molecule has 0 radical (unpaired) electrons. The Kier molecular flexibility index (Phi) is 6.95. The number of nitrogens with zero attached hydrogens (tertiary/aromatic N) is 1. The minimum atomic E-state index is 0.414. The molecule has 0 fully saturated rings. The van der Waals surface area contributed by atoms with E-state index >= 15 is 0 Å². The number of hydrogen-bond acceptors (Lipinski definition) is 3. The summed E-state index contributed by atoms with van der Waals surface area (Å²) >= 11 is 0. The topological polar surface area (TPSA) is 68.9 Å². The molecule has 24 heavy (non-hydrogen) atoms. The summed E-state index contributed by atoms with van der Waals surface area (Å²) in [4.78, 5) is 4.36. The molecular weight excluding hydrogens is 302 g/mol. The third-order valence-corrected chi connectivity index (χ3v) is 3.34. The minimum Gasteiger partial charge on any atom is -0.490 e. The number of hydrogen-bond donors (Lipinski definition) is 2. The Morgan fingerprint density at radius 2 is 1.71 bits per heavy atom. The van der Waals surface area contributed by atoms with Gasteiger partial charge in [0.1, 0.15) is 0 Å². The summed E-state index contributed by atoms with van der Waals surface area (Å²) in [5.41, 5.74) is 7.97. The summed E-state index contributed by atoms with van der Waals surface area (Å²) in [6.45, 7) is 5.75. The van der Waals surface area contributed by atoms with Gasteiger partial charge < -0.3 is 20.5 Å². The summed E-state index contributed by atoms with van der Waals surface area (Å²) < 4.78 is 11.2. The number of rotatable bonds is 8. The van der Waals surface area contributed by atoms with Crippen LogP contribution >= 0.6 is 0 Å². The predicted octanol–water partition coefficient (Wildman–Crippen LogP) is 3.45. The smallest absolute Gasteiger partial charge is 0.193 e. The Morgan fingerprint density at radius 3 is 2.42 bits per heavy atom. The van der Waals surface area contributed by atoms with Crippen LogP contribution in [0.25, 0.3) is 0 Å². The first-order valence-electron chi connectivity index (χ1n) is 8.23. The Labute approximate surface area is 143 Å². The van der Waals surface area contributed by atoms with E-state index in [1.165, 1.54) is 0 Å². The molecule has 0 spiro atoms. The van der Waals surface area contributed by atoms with E-state index in [2.05, 4.69) is 10.3 Å². The van der Waals surface area contributed by atoms with Crippen LogP contribution in [0.5, 0.6) is 11.5 Å². The first-order valence-corrected chi connectivity index (χ1v) is 8.23. The van der Waals surface area contributed by atoms with Gasteiger partial charge in [-0.25, -0.2) is 0 Å². The summed E-state index contributed by atoms with van der Waals surface area (Å²) in [5.74, 6) is 1.96. The van der Waals surface area contributed by atoms with Crippen LogP contribution in [0.4, 0.5) is 5.69 Å². The summed E-state index contributed by atoms with van der Waals surface area (Å²) in [7, 11) is 0. The lowest BCUT2D eigenvalue weighted by molar-refractivity contribution is 0.287. The van der Waals surface area contributed by atoms with Crippen LogP contribution < -0.4 is 20.5 Å². The highest BCUT2D eigenvalue weighted by Gasteiger charge is 2.06. The number of para-hydroxylation sites is 1.